The predicted octanol–water partition coefficient (Wildman–Crippen LogP) is 2.87. The number of anilines is 1. The molecule has 0 saturated heterocycles. The van der Waals surface area contributed by atoms with Crippen molar-refractivity contribution in [3.63, 3.8) is 0 Å². The smallest absolute Gasteiger partial charge is 0.226 e. The fourth-order valence-corrected chi connectivity index (χ4v) is 1.54. The fourth-order valence-electron chi connectivity index (χ4n) is 1.32. The first-order valence-electron chi connectivity index (χ1n) is 5.92. The van der Waals surface area contributed by atoms with Crippen molar-refractivity contribution in [2.24, 2.45) is 0 Å². The highest BCUT2D eigenvalue weighted by Gasteiger charge is 2.02. The molecule has 0 saturated carbocycles. The second-order valence-corrected chi connectivity index (χ2v) is 4.64. The monoisotopic (exact) mass is 363 g/mol. The molecule has 0 bridgehead atoms. The summed E-state index contributed by atoms with van der Waals surface area (Å²) in [6.45, 7) is 3.70. The zero-order valence-electron chi connectivity index (χ0n) is 10.4. The van der Waals surface area contributed by atoms with Crippen molar-refractivity contribution in [3.8, 4) is 5.75 Å². The number of rotatable bonds is 8. The van der Waals surface area contributed by atoms with E-state index in [-0.39, 0.29) is 5.91 Å². The lowest BCUT2D eigenvalue weighted by molar-refractivity contribution is -0.117. The van der Waals surface area contributed by atoms with Gasteiger partial charge in [-0.15, -0.1) is 0 Å². The summed E-state index contributed by atoms with van der Waals surface area (Å²) < 4.78 is 11.5. The summed E-state index contributed by atoms with van der Waals surface area (Å²) in [7, 11) is 0. The van der Waals surface area contributed by atoms with Crippen LogP contribution in [0.5, 0.6) is 5.75 Å². The Morgan fingerprint density at radius 3 is 2.61 bits per heavy atom. The molecule has 0 fully saturated rings. The molecule has 4 nitrogen and oxygen atoms in total. The summed E-state index contributed by atoms with van der Waals surface area (Å²) >= 11 is 2.26. The average Bonchev–Trinajstić information content (AvgIpc) is 2.38. The summed E-state index contributed by atoms with van der Waals surface area (Å²) in [5, 5.41) is 2.81. The SMILES string of the molecule is CCOCCC(=O)Nc1ccc(OCCI)cc1. The van der Waals surface area contributed by atoms with E-state index in [1.54, 1.807) is 0 Å². The molecule has 0 aliphatic rings. The average molecular weight is 363 g/mol. The van der Waals surface area contributed by atoms with Gasteiger partial charge in [0.25, 0.3) is 0 Å². The molecule has 1 aromatic rings. The van der Waals surface area contributed by atoms with Gasteiger partial charge >= 0.3 is 0 Å². The fraction of sp³-hybridized carbons (Fsp3) is 0.462. The summed E-state index contributed by atoms with van der Waals surface area (Å²) in [5.41, 5.74) is 0.776. The molecule has 1 rings (SSSR count). The van der Waals surface area contributed by atoms with Crippen LogP contribution >= 0.6 is 22.6 Å². The van der Waals surface area contributed by atoms with Crippen LogP contribution < -0.4 is 10.1 Å². The molecule has 0 aromatic heterocycles. The highest BCUT2D eigenvalue weighted by Crippen LogP contribution is 2.15. The highest BCUT2D eigenvalue weighted by molar-refractivity contribution is 14.1. The van der Waals surface area contributed by atoms with Crippen molar-refractivity contribution in [2.45, 2.75) is 13.3 Å². The van der Waals surface area contributed by atoms with Gasteiger partial charge in [0, 0.05) is 16.7 Å². The van der Waals surface area contributed by atoms with Gasteiger partial charge in [0.1, 0.15) is 5.75 Å². The molecule has 0 atom stereocenters. The number of hydrogen-bond donors (Lipinski definition) is 1. The molecular weight excluding hydrogens is 345 g/mol. The van der Waals surface area contributed by atoms with Crippen LogP contribution in [0.3, 0.4) is 0 Å². The van der Waals surface area contributed by atoms with Crippen LogP contribution in [0.1, 0.15) is 13.3 Å². The molecule has 18 heavy (non-hydrogen) atoms. The summed E-state index contributed by atoms with van der Waals surface area (Å²) in [4.78, 5) is 11.5. The number of amides is 1. The van der Waals surface area contributed by atoms with Crippen molar-refractivity contribution in [2.75, 3.05) is 29.6 Å². The standard InChI is InChI=1S/C13H18INO3/c1-2-17-9-7-13(16)15-11-3-5-12(6-4-11)18-10-8-14/h3-6H,2,7-10H2,1H3,(H,15,16). The maximum atomic E-state index is 11.5. The van der Waals surface area contributed by atoms with Crippen molar-refractivity contribution < 1.29 is 14.3 Å². The molecule has 5 heteroatoms. The van der Waals surface area contributed by atoms with E-state index in [0.717, 1.165) is 15.9 Å². The minimum absolute atomic E-state index is 0.0376. The van der Waals surface area contributed by atoms with Crippen molar-refractivity contribution in [1.29, 1.82) is 0 Å². The van der Waals surface area contributed by atoms with E-state index in [0.29, 0.717) is 26.2 Å². The maximum absolute atomic E-state index is 11.5. The molecule has 0 aliphatic heterocycles. The van der Waals surface area contributed by atoms with Crippen LogP contribution in [0.15, 0.2) is 24.3 Å². The van der Waals surface area contributed by atoms with E-state index in [2.05, 4.69) is 27.9 Å². The first-order valence-corrected chi connectivity index (χ1v) is 7.45. The molecule has 0 unspecified atom stereocenters. The Labute approximate surface area is 121 Å². The van der Waals surface area contributed by atoms with Gasteiger partial charge in [0.05, 0.1) is 19.6 Å². The van der Waals surface area contributed by atoms with Crippen LogP contribution in [0.25, 0.3) is 0 Å². The van der Waals surface area contributed by atoms with E-state index >= 15 is 0 Å². The first-order chi connectivity index (χ1) is 8.76. The number of carbonyl (C=O) groups excluding carboxylic acids is 1. The Balaban J connectivity index is 2.35. The predicted molar refractivity (Wildman–Crippen MR) is 80.6 cm³/mol. The molecule has 0 heterocycles. The minimum Gasteiger partial charge on any atom is -0.493 e. The van der Waals surface area contributed by atoms with E-state index in [1.165, 1.54) is 0 Å². The third-order valence-electron chi connectivity index (χ3n) is 2.16. The molecule has 1 amide bonds. The lowest BCUT2D eigenvalue weighted by Crippen LogP contribution is -2.14. The van der Waals surface area contributed by atoms with Gasteiger partial charge in [-0.05, 0) is 31.2 Å². The Hall–Kier alpha value is -0.820. The number of halogens is 1. The molecule has 1 aromatic carbocycles. The molecule has 0 spiro atoms. The summed E-state index contributed by atoms with van der Waals surface area (Å²) in [6.07, 6.45) is 0.376. The lowest BCUT2D eigenvalue weighted by atomic mass is 10.3. The number of carbonyl (C=O) groups is 1. The van der Waals surface area contributed by atoms with E-state index in [1.807, 2.05) is 31.2 Å². The van der Waals surface area contributed by atoms with Crippen molar-refractivity contribution in [3.05, 3.63) is 24.3 Å². The zero-order valence-corrected chi connectivity index (χ0v) is 12.6. The van der Waals surface area contributed by atoms with E-state index in [4.69, 9.17) is 9.47 Å². The third-order valence-corrected chi connectivity index (χ3v) is 2.60. The molecule has 100 valence electrons. The van der Waals surface area contributed by atoms with Crippen LogP contribution in [-0.2, 0) is 9.53 Å². The van der Waals surface area contributed by atoms with E-state index < -0.39 is 0 Å². The van der Waals surface area contributed by atoms with E-state index in [9.17, 15) is 4.79 Å². The van der Waals surface area contributed by atoms with Crippen LogP contribution in [0, 0.1) is 0 Å². The van der Waals surface area contributed by atoms with Gasteiger partial charge in [0.15, 0.2) is 0 Å². The van der Waals surface area contributed by atoms with Crippen molar-refractivity contribution in [1.82, 2.24) is 0 Å². The van der Waals surface area contributed by atoms with Gasteiger partial charge in [-0.2, -0.15) is 0 Å². The zero-order chi connectivity index (χ0) is 13.2. The van der Waals surface area contributed by atoms with Crippen LogP contribution in [0.4, 0.5) is 5.69 Å². The Morgan fingerprint density at radius 2 is 2.00 bits per heavy atom. The Bertz CT molecular complexity index is 354. The number of hydrogen-bond acceptors (Lipinski definition) is 3. The first kappa shape index (κ1) is 15.2. The summed E-state index contributed by atoms with van der Waals surface area (Å²) in [6, 6.07) is 7.37. The Kier molecular flexibility index (Phi) is 7.75. The Morgan fingerprint density at radius 1 is 1.28 bits per heavy atom. The van der Waals surface area contributed by atoms with Crippen molar-refractivity contribution >= 4 is 34.2 Å². The molecular formula is C13H18INO3. The van der Waals surface area contributed by atoms with Crippen LogP contribution in [0.2, 0.25) is 0 Å². The van der Waals surface area contributed by atoms with Gasteiger partial charge in [-0.25, -0.2) is 0 Å². The highest BCUT2D eigenvalue weighted by atomic mass is 127. The maximum Gasteiger partial charge on any atom is 0.226 e. The van der Waals surface area contributed by atoms with Gasteiger partial charge in [-0.3, -0.25) is 4.79 Å². The molecule has 0 aliphatic carbocycles. The largest absolute Gasteiger partial charge is 0.493 e. The van der Waals surface area contributed by atoms with Gasteiger partial charge in [0.2, 0.25) is 5.91 Å². The lowest BCUT2D eigenvalue weighted by Gasteiger charge is -2.07. The number of ether oxygens (including phenoxy) is 2. The second kappa shape index (κ2) is 9.16. The normalized spacial score (nSPS) is 10.1. The minimum atomic E-state index is -0.0376. The third kappa shape index (κ3) is 6.20. The topological polar surface area (TPSA) is 47.6 Å². The molecule has 1 N–H and O–H groups in total. The van der Waals surface area contributed by atoms with Crippen LogP contribution in [-0.4, -0.2) is 30.2 Å². The van der Waals surface area contributed by atoms with Gasteiger partial charge < -0.3 is 14.8 Å². The quantitative estimate of drug-likeness (QED) is 0.439. The number of benzene rings is 1. The molecule has 0 radical (unpaired) electrons. The number of alkyl halides is 1. The second-order valence-electron chi connectivity index (χ2n) is 3.56. The summed E-state index contributed by atoms with van der Waals surface area (Å²) in [5.74, 6) is 0.781. The number of nitrogens with one attached hydrogen (secondary N) is 1. The van der Waals surface area contributed by atoms with Gasteiger partial charge in [-0.1, -0.05) is 22.6 Å².